The van der Waals surface area contributed by atoms with Gasteiger partial charge >= 0.3 is 10.2 Å². The van der Waals surface area contributed by atoms with Gasteiger partial charge < -0.3 is 9.47 Å². The third-order valence-electron chi connectivity index (χ3n) is 3.06. The maximum atomic E-state index is 13.1. The molecule has 0 aliphatic carbocycles. The molecular weight excluding hydrogens is 323 g/mol. The largest absolute Gasteiger partial charge is 0.346 e. The minimum atomic E-state index is -9.97. The molecule has 0 aliphatic rings. The van der Waals surface area contributed by atoms with E-state index in [9.17, 15) is 19.4 Å². The maximum Gasteiger partial charge on any atom is 0.310 e. The van der Waals surface area contributed by atoms with Gasteiger partial charge in [0.1, 0.15) is 4.90 Å². The number of hydrogen-bond acceptors (Lipinski definition) is 1. The first-order valence-electron chi connectivity index (χ1n) is 9.96. The van der Waals surface area contributed by atoms with E-state index in [1.165, 1.54) is 0 Å². The Kier molecular flexibility index (Phi) is 1.73. The van der Waals surface area contributed by atoms with Crippen LogP contribution in [-0.4, -0.2) is 29.0 Å². The fourth-order valence-corrected chi connectivity index (χ4v) is 2.48. The molecule has 0 radical (unpaired) electrons. The number of nitrogens with zero attached hydrogens (tertiary/aromatic N) is 2. The van der Waals surface area contributed by atoms with Crippen molar-refractivity contribution >= 4 is 21.1 Å². The molecule has 2 nitrogen and oxygen atoms in total. The number of aromatic nitrogens is 1. The summed E-state index contributed by atoms with van der Waals surface area (Å²) in [6.45, 7) is -7.27. The summed E-state index contributed by atoms with van der Waals surface area (Å²) in [5.41, 5.74) is -2.50. The molecular formula is C14H19F5N2S. The van der Waals surface area contributed by atoms with Crippen LogP contribution < -0.4 is 0 Å². The zero-order valence-electron chi connectivity index (χ0n) is 19.6. The molecule has 126 valence electrons. The molecule has 0 unspecified atom stereocenters. The lowest BCUT2D eigenvalue weighted by Gasteiger charge is -2.40. The lowest BCUT2D eigenvalue weighted by atomic mass is 10.0. The first-order chi connectivity index (χ1) is 12.8. The predicted molar refractivity (Wildman–Crippen MR) is 81.1 cm³/mol. The highest BCUT2D eigenvalue weighted by molar-refractivity contribution is 8.45. The Bertz CT molecular complexity index is 965. The number of hydrogen-bond donors (Lipinski definition) is 0. The van der Waals surface area contributed by atoms with Crippen LogP contribution in [0, 0.1) is 0 Å². The van der Waals surface area contributed by atoms with Gasteiger partial charge in [-0.1, -0.05) is 19.4 Å². The second-order valence-corrected chi connectivity index (χ2v) is 7.79. The summed E-state index contributed by atoms with van der Waals surface area (Å²) in [4.78, 5) is -2.14. The minimum absolute atomic E-state index is 0.0158. The van der Waals surface area contributed by atoms with E-state index in [4.69, 9.17) is 11.0 Å². The minimum Gasteiger partial charge on any atom is -0.346 e. The van der Waals surface area contributed by atoms with E-state index < -0.39 is 41.1 Å². The third kappa shape index (κ3) is 3.38. The standard InChI is InChI=1S/C14H19F5N2S/c1-14(2,20(3)4)10-21-8-7-11-9-12(5-6-13(11)21)22(15,16,17,18)19/h5-9H,10H2,1-4H3/i3D3,4D3,10D2. The van der Waals surface area contributed by atoms with Crippen molar-refractivity contribution in [2.75, 3.05) is 14.0 Å². The summed E-state index contributed by atoms with van der Waals surface area (Å²) in [6.07, 6.45) is 0.943. The first-order valence-corrected chi connectivity index (χ1v) is 7.91. The van der Waals surface area contributed by atoms with E-state index in [2.05, 4.69) is 0 Å². The van der Waals surface area contributed by atoms with Crippen molar-refractivity contribution in [2.24, 2.45) is 0 Å². The molecule has 0 saturated heterocycles. The average Bonchev–Trinajstić information content (AvgIpc) is 2.83. The fourth-order valence-electron chi connectivity index (χ4n) is 1.80. The van der Waals surface area contributed by atoms with Gasteiger partial charge in [-0.3, -0.25) is 0 Å². The fraction of sp³-hybridized carbons (Fsp3) is 0.429. The summed E-state index contributed by atoms with van der Waals surface area (Å²) in [5, 5.41) is -0.380. The Morgan fingerprint density at radius 1 is 1.18 bits per heavy atom. The van der Waals surface area contributed by atoms with E-state index in [1.54, 1.807) is 0 Å². The zero-order chi connectivity index (χ0) is 23.8. The molecule has 0 amide bonds. The molecule has 0 atom stereocenters. The highest BCUT2D eigenvalue weighted by Crippen LogP contribution is 3.02. The van der Waals surface area contributed by atoms with Crippen molar-refractivity contribution in [2.45, 2.75) is 30.8 Å². The van der Waals surface area contributed by atoms with Crippen LogP contribution in [0.25, 0.3) is 10.9 Å². The molecule has 0 saturated carbocycles. The molecule has 8 heteroatoms. The van der Waals surface area contributed by atoms with Crippen LogP contribution in [0.15, 0.2) is 35.4 Å². The van der Waals surface area contributed by atoms with E-state index in [-0.39, 0.29) is 27.9 Å². The molecule has 1 heterocycles. The Hall–Kier alpha value is -1.28. The van der Waals surface area contributed by atoms with Crippen LogP contribution in [0.5, 0.6) is 0 Å². The molecule has 0 fully saturated rings. The zero-order valence-corrected chi connectivity index (χ0v) is 12.4. The van der Waals surface area contributed by atoms with Crippen molar-refractivity contribution < 1.29 is 30.4 Å². The molecule has 0 aliphatic heterocycles. The Morgan fingerprint density at radius 2 is 1.82 bits per heavy atom. The summed E-state index contributed by atoms with van der Waals surface area (Å²) >= 11 is 0. The molecule has 22 heavy (non-hydrogen) atoms. The molecule has 2 aromatic rings. The van der Waals surface area contributed by atoms with Crippen LogP contribution in [-0.2, 0) is 6.50 Å². The van der Waals surface area contributed by atoms with Gasteiger partial charge in [0.2, 0.25) is 0 Å². The Labute approximate surface area is 137 Å². The molecule has 2 rings (SSSR count). The highest BCUT2D eigenvalue weighted by atomic mass is 32.5. The van der Waals surface area contributed by atoms with Gasteiger partial charge in [-0.05, 0) is 52.1 Å². The van der Waals surface area contributed by atoms with Crippen LogP contribution in [0.1, 0.15) is 24.8 Å². The van der Waals surface area contributed by atoms with Gasteiger partial charge in [0.05, 0.1) is 2.74 Å². The molecule has 1 aromatic carbocycles. The van der Waals surface area contributed by atoms with Gasteiger partial charge in [0.15, 0.2) is 0 Å². The third-order valence-corrected chi connectivity index (χ3v) is 4.21. The van der Waals surface area contributed by atoms with Gasteiger partial charge in [-0.15, -0.1) is 0 Å². The van der Waals surface area contributed by atoms with Crippen LogP contribution in [0.4, 0.5) is 19.4 Å². The number of benzene rings is 1. The monoisotopic (exact) mass is 350 g/mol. The van der Waals surface area contributed by atoms with Crippen molar-refractivity contribution in [3.05, 3.63) is 30.5 Å². The van der Waals surface area contributed by atoms with Crippen molar-refractivity contribution in [3.63, 3.8) is 0 Å². The van der Waals surface area contributed by atoms with Gasteiger partial charge in [-0.25, -0.2) is 0 Å². The average molecular weight is 350 g/mol. The first kappa shape index (κ1) is 9.12. The van der Waals surface area contributed by atoms with Crippen LogP contribution in [0.2, 0.25) is 0 Å². The lowest BCUT2D eigenvalue weighted by Crippen LogP contribution is -2.41. The smallest absolute Gasteiger partial charge is 0.310 e. The predicted octanol–water partition coefficient (Wildman–Crippen LogP) is 5.64. The van der Waals surface area contributed by atoms with Crippen molar-refractivity contribution in [3.8, 4) is 0 Å². The quantitative estimate of drug-likeness (QED) is 0.648. The Balaban J connectivity index is 2.71. The second-order valence-electron chi connectivity index (χ2n) is 5.38. The van der Waals surface area contributed by atoms with E-state index in [0.29, 0.717) is 6.07 Å². The van der Waals surface area contributed by atoms with E-state index in [1.807, 2.05) is 0 Å². The summed E-state index contributed by atoms with van der Waals surface area (Å²) in [7, 11) is -9.97. The van der Waals surface area contributed by atoms with Crippen molar-refractivity contribution in [1.29, 1.82) is 0 Å². The Morgan fingerprint density at radius 3 is 2.36 bits per heavy atom. The molecule has 0 spiro atoms. The van der Waals surface area contributed by atoms with Crippen LogP contribution >= 0.6 is 10.2 Å². The van der Waals surface area contributed by atoms with E-state index >= 15 is 0 Å². The highest BCUT2D eigenvalue weighted by Gasteiger charge is 2.65. The molecule has 0 bridgehead atoms. The van der Waals surface area contributed by atoms with Gasteiger partial charge in [0.25, 0.3) is 0 Å². The maximum absolute atomic E-state index is 13.1. The van der Waals surface area contributed by atoms with Gasteiger partial charge in [0, 0.05) is 37.4 Å². The second kappa shape index (κ2) is 4.17. The summed E-state index contributed by atoms with van der Waals surface area (Å²) in [6, 6.07) is 1.85. The summed E-state index contributed by atoms with van der Waals surface area (Å²) < 4.78 is 128. The van der Waals surface area contributed by atoms with Gasteiger partial charge in [-0.2, -0.15) is 0 Å². The number of halogens is 5. The van der Waals surface area contributed by atoms with Crippen LogP contribution in [0.3, 0.4) is 0 Å². The summed E-state index contributed by atoms with van der Waals surface area (Å²) in [5.74, 6) is 0. The number of likely N-dealkylation sites (N-methyl/N-ethyl adjacent to an activating group) is 1. The SMILES string of the molecule is [2H]C([2H])([2H])N(C([2H])([2H])[2H])C(C)(C)C([2H])([2H])n1ccc2cc(S(F)(F)(F)(F)F)ccc21. The van der Waals surface area contributed by atoms with Crippen molar-refractivity contribution in [1.82, 2.24) is 9.47 Å². The molecule has 0 N–H and O–H groups in total. The number of fused-ring (bicyclic) bond motifs is 1. The number of rotatable bonds is 4. The lowest BCUT2D eigenvalue weighted by molar-refractivity contribution is 0.171. The molecule has 1 aromatic heterocycles. The topological polar surface area (TPSA) is 8.17 Å². The normalized spacial score (nSPS) is 24.0. The van der Waals surface area contributed by atoms with E-state index in [0.717, 1.165) is 30.7 Å².